The van der Waals surface area contributed by atoms with E-state index < -0.39 is 0 Å². The molecule has 0 atom stereocenters. The van der Waals surface area contributed by atoms with E-state index in [4.69, 9.17) is 0 Å². The normalized spacial score (nSPS) is 11.3. The maximum absolute atomic E-state index is 4.31. The zero-order chi connectivity index (χ0) is 12.4. The summed E-state index contributed by atoms with van der Waals surface area (Å²) in [5, 5.41) is 9.53. The van der Waals surface area contributed by atoms with Gasteiger partial charge < -0.3 is 0 Å². The third kappa shape index (κ3) is 2.58. The Balaban J connectivity index is 2.29. The van der Waals surface area contributed by atoms with Crippen LogP contribution in [-0.4, -0.2) is 0 Å². The van der Waals surface area contributed by atoms with Crippen molar-refractivity contribution in [1.29, 1.82) is 0 Å². The van der Waals surface area contributed by atoms with Crippen LogP contribution in [-0.2, 0) is 7.05 Å². The molecule has 0 aliphatic heterocycles. The van der Waals surface area contributed by atoms with Gasteiger partial charge in [0.15, 0.2) is 24.3 Å². The van der Waals surface area contributed by atoms with E-state index in [1.165, 1.54) is 16.8 Å². The Morgan fingerprint density at radius 1 is 1.12 bits per heavy atom. The monoisotopic (exact) mass is 246 g/mol. The summed E-state index contributed by atoms with van der Waals surface area (Å²) in [6, 6.07) is 8.13. The molecular weight excluding hydrogens is 230 g/mol. The summed E-state index contributed by atoms with van der Waals surface area (Å²) in [5.74, 6) is 0. The molecule has 0 aliphatic rings. The minimum atomic E-state index is 0.936. The summed E-state index contributed by atoms with van der Waals surface area (Å²) in [6.45, 7) is 6.22. The second-order valence-corrected chi connectivity index (χ2v) is 5.28. The fraction of sp³-hybridized carbons (Fsp3) is 0.308. The molecule has 0 fully saturated rings. The van der Waals surface area contributed by atoms with Crippen molar-refractivity contribution in [2.45, 2.75) is 20.8 Å². The molecule has 88 valence electrons. The third-order valence-corrected chi connectivity index (χ3v) is 3.84. The molecule has 2 aromatic rings. The van der Waals surface area contributed by atoms with Crippen LogP contribution in [0.5, 0.6) is 0 Å². The third-order valence-electron chi connectivity index (χ3n) is 2.89. The van der Waals surface area contributed by atoms with Gasteiger partial charge in [-0.2, -0.15) is 0 Å². The Kier molecular flexibility index (Phi) is 3.33. The SMILES string of the molecule is Cc1cccc(N=Nc2cc(C)[n+](C)s2)c1C. The summed E-state index contributed by atoms with van der Waals surface area (Å²) in [7, 11) is 2.02. The van der Waals surface area contributed by atoms with Crippen molar-refractivity contribution in [3.05, 3.63) is 41.1 Å². The first-order chi connectivity index (χ1) is 8.08. The molecular formula is C13H16N3S+. The zero-order valence-electron chi connectivity index (χ0n) is 10.6. The van der Waals surface area contributed by atoms with Gasteiger partial charge >= 0.3 is 0 Å². The van der Waals surface area contributed by atoms with Crippen LogP contribution < -0.4 is 3.96 Å². The van der Waals surface area contributed by atoms with Crippen molar-refractivity contribution >= 4 is 22.2 Å². The molecule has 0 saturated heterocycles. The maximum atomic E-state index is 4.31. The average Bonchev–Trinajstić information content (AvgIpc) is 2.61. The average molecular weight is 246 g/mol. The number of rotatable bonds is 2. The highest BCUT2D eigenvalue weighted by Crippen LogP contribution is 2.25. The summed E-state index contributed by atoms with van der Waals surface area (Å²) >= 11 is 1.60. The molecule has 2 rings (SSSR count). The Morgan fingerprint density at radius 2 is 1.88 bits per heavy atom. The van der Waals surface area contributed by atoms with Crippen LogP contribution in [0.2, 0.25) is 0 Å². The van der Waals surface area contributed by atoms with Crippen LogP contribution in [0.1, 0.15) is 16.8 Å². The molecule has 1 heterocycles. The fourth-order valence-corrected chi connectivity index (χ4v) is 2.28. The van der Waals surface area contributed by atoms with Crippen LogP contribution in [0.3, 0.4) is 0 Å². The number of nitrogens with zero attached hydrogens (tertiary/aromatic N) is 3. The lowest BCUT2D eigenvalue weighted by Crippen LogP contribution is -2.24. The number of hydrogen-bond donors (Lipinski definition) is 0. The Labute approximate surface area is 106 Å². The summed E-state index contributed by atoms with van der Waals surface area (Å²) in [5.41, 5.74) is 4.58. The van der Waals surface area contributed by atoms with E-state index in [1.807, 2.05) is 25.2 Å². The van der Waals surface area contributed by atoms with E-state index in [0.717, 1.165) is 10.7 Å². The highest BCUT2D eigenvalue weighted by Gasteiger charge is 2.08. The number of benzene rings is 1. The van der Waals surface area contributed by atoms with Gasteiger partial charge in [0.2, 0.25) is 5.00 Å². The number of aromatic nitrogens is 1. The minimum Gasteiger partial charge on any atom is -0.149 e. The lowest BCUT2D eigenvalue weighted by atomic mass is 10.1. The molecule has 0 spiro atoms. The molecule has 0 aliphatic carbocycles. The van der Waals surface area contributed by atoms with E-state index in [2.05, 4.69) is 41.0 Å². The molecule has 1 aromatic carbocycles. The van der Waals surface area contributed by atoms with Crippen molar-refractivity contribution in [2.75, 3.05) is 0 Å². The number of hydrogen-bond acceptors (Lipinski definition) is 3. The van der Waals surface area contributed by atoms with Crippen LogP contribution >= 0.6 is 11.5 Å². The molecule has 0 unspecified atom stereocenters. The lowest BCUT2D eigenvalue weighted by Gasteiger charge is -2.00. The standard InChI is InChI=1S/C13H16N3S/c1-9-6-5-7-12(11(9)3)14-15-13-8-10(2)16(4)17-13/h5-8H,1-4H3/q+1. The molecule has 0 bridgehead atoms. The van der Waals surface area contributed by atoms with Gasteiger partial charge in [-0.25, -0.2) is 0 Å². The highest BCUT2D eigenvalue weighted by atomic mass is 32.1. The number of azo groups is 1. The zero-order valence-corrected chi connectivity index (χ0v) is 11.4. The molecule has 17 heavy (non-hydrogen) atoms. The molecule has 0 amide bonds. The fourth-order valence-electron chi connectivity index (χ4n) is 1.50. The van der Waals surface area contributed by atoms with Crippen LogP contribution in [0.4, 0.5) is 10.7 Å². The minimum absolute atomic E-state index is 0.936. The van der Waals surface area contributed by atoms with E-state index >= 15 is 0 Å². The molecule has 4 heteroatoms. The van der Waals surface area contributed by atoms with Gasteiger partial charge in [-0.05, 0) is 31.0 Å². The van der Waals surface area contributed by atoms with E-state index in [1.54, 1.807) is 11.5 Å². The first-order valence-electron chi connectivity index (χ1n) is 5.53. The van der Waals surface area contributed by atoms with Gasteiger partial charge in [0.05, 0.1) is 5.69 Å². The van der Waals surface area contributed by atoms with Gasteiger partial charge in [-0.1, -0.05) is 12.1 Å². The highest BCUT2D eigenvalue weighted by molar-refractivity contribution is 7.05. The van der Waals surface area contributed by atoms with E-state index in [9.17, 15) is 0 Å². The van der Waals surface area contributed by atoms with Gasteiger partial charge in [-0.3, -0.25) is 0 Å². The van der Waals surface area contributed by atoms with Gasteiger partial charge in [0.1, 0.15) is 0 Å². The molecule has 0 radical (unpaired) electrons. The second kappa shape index (κ2) is 4.75. The smallest absolute Gasteiger partial charge is 0.149 e. The predicted octanol–water partition coefficient (Wildman–Crippen LogP) is 3.91. The quantitative estimate of drug-likeness (QED) is 0.568. The summed E-state index contributed by atoms with van der Waals surface area (Å²) in [6.07, 6.45) is 0. The van der Waals surface area contributed by atoms with E-state index in [-0.39, 0.29) is 0 Å². The van der Waals surface area contributed by atoms with Crippen molar-refractivity contribution in [3.63, 3.8) is 0 Å². The van der Waals surface area contributed by atoms with Crippen LogP contribution in [0, 0.1) is 20.8 Å². The summed E-state index contributed by atoms with van der Waals surface area (Å²) in [4.78, 5) is 0. The van der Waals surface area contributed by atoms with Crippen molar-refractivity contribution in [3.8, 4) is 0 Å². The lowest BCUT2D eigenvalue weighted by molar-refractivity contribution is -0.607. The van der Waals surface area contributed by atoms with Crippen molar-refractivity contribution < 1.29 is 3.96 Å². The summed E-state index contributed by atoms with van der Waals surface area (Å²) < 4.78 is 2.08. The Hall–Kier alpha value is -1.55. The predicted molar refractivity (Wildman–Crippen MR) is 70.3 cm³/mol. The molecule has 1 aromatic heterocycles. The van der Waals surface area contributed by atoms with Crippen molar-refractivity contribution in [2.24, 2.45) is 17.3 Å². The van der Waals surface area contributed by atoms with Gasteiger partial charge in [-0.15, -0.1) is 14.2 Å². The molecule has 0 N–H and O–H groups in total. The van der Waals surface area contributed by atoms with Crippen molar-refractivity contribution in [1.82, 2.24) is 0 Å². The number of aryl methyl sites for hydroxylation is 3. The Morgan fingerprint density at radius 3 is 2.53 bits per heavy atom. The largest absolute Gasteiger partial charge is 0.208 e. The first kappa shape index (κ1) is 11.9. The first-order valence-corrected chi connectivity index (χ1v) is 6.30. The van der Waals surface area contributed by atoms with Gasteiger partial charge in [0, 0.05) is 13.0 Å². The van der Waals surface area contributed by atoms with E-state index in [0.29, 0.717) is 0 Å². The van der Waals surface area contributed by atoms with Gasteiger partial charge in [0.25, 0.3) is 0 Å². The topological polar surface area (TPSA) is 28.6 Å². The molecule has 3 nitrogen and oxygen atoms in total. The van der Waals surface area contributed by atoms with Crippen LogP contribution in [0.15, 0.2) is 34.5 Å². The van der Waals surface area contributed by atoms with Crippen LogP contribution in [0.25, 0.3) is 0 Å². The maximum Gasteiger partial charge on any atom is 0.208 e. The second-order valence-electron chi connectivity index (χ2n) is 4.13. The molecule has 0 saturated carbocycles. The Bertz CT molecular complexity index is 551.